The number of nitrogens with zero attached hydrogens (tertiary/aromatic N) is 3. The number of urea groups is 1. The fourth-order valence-corrected chi connectivity index (χ4v) is 20.4. The second-order valence-corrected chi connectivity index (χ2v) is 39.4. The molecule has 6 aromatic carbocycles. The lowest BCUT2D eigenvalue weighted by Gasteiger charge is -2.35. The van der Waals surface area contributed by atoms with Gasteiger partial charge >= 0.3 is 6.03 Å². The summed E-state index contributed by atoms with van der Waals surface area (Å²) in [4.78, 5) is 61.9. The number of aliphatic hydroxyl groups excluding tert-OH is 5. The van der Waals surface area contributed by atoms with E-state index in [9.17, 15) is 70.0 Å². The topological polar surface area (TPSA) is 409 Å². The minimum Gasteiger partial charge on any atom is -0.394 e. The molecule has 0 saturated carbocycles. The number of benzene rings is 6. The van der Waals surface area contributed by atoms with Gasteiger partial charge in [-0.15, -0.1) is 0 Å². The van der Waals surface area contributed by atoms with Crippen molar-refractivity contribution >= 4 is 123 Å². The molecule has 9 rings (SSSR count). The van der Waals surface area contributed by atoms with Gasteiger partial charge in [-0.25, -0.2) is 39.5 Å². The van der Waals surface area contributed by atoms with E-state index in [1.165, 1.54) is 12.1 Å². The molecule has 0 spiro atoms. The number of nitrogens with one attached hydrogen (secondary N) is 6. The normalized spacial score (nSPS) is 17.4. The number of aliphatic hydroxyl groups is 5. The number of sulfone groups is 1. The highest BCUT2D eigenvalue weighted by molar-refractivity contribution is 7.91. The number of halogens is 6. The van der Waals surface area contributed by atoms with Gasteiger partial charge in [0.1, 0.15) is 24.1 Å². The minimum atomic E-state index is -3.95. The summed E-state index contributed by atoms with van der Waals surface area (Å²) in [5.74, 6) is -1.95. The van der Waals surface area contributed by atoms with Crippen LogP contribution in [0.5, 0.6) is 0 Å². The number of Topliss-reactive ketones (excluding diaryl/α,β-unsaturated/α-hetero) is 1. The second-order valence-electron chi connectivity index (χ2n) is 31.2. The van der Waals surface area contributed by atoms with Crippen LogP contribution in [0.3, 0.4) is 0 Å². The average molecular weight is 1910 g/mol. The van der Waals surface area contributed by atoms with E-state index in [0.717, 1.165) is 50.1 Å². The molecule has 30 nitrogen and oxygen atoms in total. The zero-order valence-electron chi connectivity index (χ0n) is 69.6. The number of likely N-dealkylation sites (N-methyl/N-ethyl adjacent to an activating group) is 3. The highest BCUT2D eigenvalue weighted by Crippen LogP contribution is 2.43. The molecule has 11 N–H and O–H groups in total. The highest BCUT2D eigenvalue weighted by Gasteiger charge is 2.37. The van der Waals surface area contributed by atoms with Gasteiger partial charge in [-0.1, -0.05) is 106 Å². The number of sulfonamides is 2. The molecule has 4 amide bonds. The molecule has 3 aliphatic heterocycles. The van der Waals surface area contributed by atoms with E-state index < -0.39 is 90.8 Å². The van der Waals surface area contributed by atoms with E-state index in [1.54, 1.807) is 60.7 Å². The summed E-state index contributed by atoms with van der Waals surface area (Å²) in [6.07, 6.45) is -8.40. The fraction of sp³-hybridized carbons (Fsp3) is 0.529. The monoisotopic (exact) mass is 1900 g/mol. The Hall–Kier alpha value is -5.85. The maximum atomic E-state index is 14.0. The van der Waals surface area contributed by atoms with E-state index in [2.05, 4.69) is 45.4 Å². The van der Waals surface area contributed by atoms with Crippen LogP contribution in [-0.2, 0) is 92.3 Å². The van der Waals surface area contributed by atoms with Crippen molar-refractivity contribution in [3.63, 3.8) is 0 Å². The average Bonchev–Trinajstić information content (AvgIpc) is 0.779. The number of ketones is 1. The van der Waals surface area contributed by atoms with Crippen molar-refractivity contribution in [2.24, 2.45) is 0 Å². The zero-order chi connectivity index (χ0) is 89.7. The van der Waals surface area contributed by atoms with Gasteiger partial charge in [-0.2, -0.15) is 0 Å². The molecule has 6 aromatic rings. The molecule has 0 bridgehead atoms. The lowest BCUT2D eigenvalue weighted by Crippen LogP contribution is -2.56. The van der Waals surface area contributed by atoms with Gasteiger partial charge in [-0.3, -0.25) is 14.4 Å². The van der Waals surface area contributed by atoms with Crippen LogP contribution >= 0.6 is 69.6 Å². The van der Waals surface area contributed by atoms with Crippen LogP contribution in [0, 0.1) is 0 Å². The van der Waals surface area contributed by atoms with Crippen LogP contribution in [0.4, 0.5) is 4.79 Å². The summed E-state index contributed by atoms with van der Waals surface area (Å²) >= 11 is 39.0. The predicted octanol–water partition coefficient (Wildman–Crippen LogP) is 7.96. The zero-order valence-corrected chi connectivity index (χ0v) is 76.6. The Kier molecular flexibility index (Phi) is 40.9. The van der Waals surface area contributed by atoms with Crippen LogP contribution in [0.2, 0.25) is 30.1 Å². The van der Waals surface area contributed by atoms with Crippen molar-refractivity contribution in [2.75, 3.05) is 165 Å². The molecule has 1 unspecified atom stereocenters. The van der Waals surface area contributed by atoms with Gasteiger partial charge in [-0.05, 0) is 176 Å². The Balaban J connectivity index is 0.741. The number of hydrogen-bond acceptors (Lipinski definition) is 24. The van der Waals surface area contributed by atoms with Crippen molar-refractivity contribution in [3.8, 4) is 0 Å². The molecular weight excluding hydrogens is 1790 g/mol. The summed E-state index contributed by atoms with van der Waals surface area (Å²) in [7, 11) is -5.68. The van der Waals surface area contributed by atoms with E-state index >= 15 is 0 Å². The summed E-state index contributed by atoms with van der Waals surface area (Å²) in [6.45, 7) is 3.03. The third kappa shape index (κ3) is 31.2. The van der Waals surface area contributed by atoms with E-state index in [1.807, 2.05) is 57.5 Å². The number of fused-ring (bicyclic) bond motifs is 3. The Morgan fingerprint density at radius 2 is 0.806 bits per heavy atom. The maximum Gasteiger partial charge on any atom is 0.315 e. The lowest BCUT2D eigenvalue weighted by atomic mass is 9.82. The molecule has 0 aromatic heterocycles. The minimum absolute atomic E-state index is 0.0112. The molecule has 0 radical (unpaired) electrons. The predicted molar refractivity (Wildman–Crippen MR) is 474 cm³/mol. The highest BCUT2D eigenvalue weighted by atomic mass is 35.5. The molecule has 3 heterocycles. The first kappa shape index (κ1) is 102. The number of rotatable bonds is 53. The van der Waals surface area contributed by atoms with Crippen molar-refractivity contribution < 1.29 is 98.4 Å². The molecule has 0 fully saturated rings. The van der Waals surface area contributed by atoms with E-state index in [0.29, 0.717) is 69.4 Å². The largest absolute Gasteiger partial charge is 0.394 e. The van der Waals surface area contributed by atoms with Crippen molar-refractivity contribution in [1.82, 2.24) is 45.4 Å². The standard InChI is InChI=1S/C85H113Cl6N9O21S3/c1-98-49-69(66-42-59(86)45-75(89)72(66)52-98)56-9-4-13-63(39-56)122(110,111)38-8-27-117-33-34-118-28-22-92-80(105)17-20-85(97-84(109)94-48-78(103)82(107)83(108)79(104)55-101,19-16-62(102)12-7-26-116-32-35-120-30-24-95-123(112,113)64-14-5-10-57(40-64)70-50-99(2)53-73-67(70)43-60(87)46-76(73)90)21-18-81(106)93-23-29-119-36-37-121-31-25-96-124(114,115)65-15-6-11-58(41-65)71-51-100(3)54-74-68(71)44-61(88)47-77(74)91/h4-6,9-11,13-15,39-47,69-71,78-79,82-83,95-96,101,103-104,107-108H,7-8,12,16-38,48-55H2,1-3H3,(H,92,105)(H,93,106)(H2,94,97,109)/t69-,70-,71-,78-,79+,82+,83+,85?/m0/s1. The second kappa shape index (κ2) is 49.8. The molecule has 684 valence electrons. The molecule has 8 atom stereocenters. The van der Waals surface area contributed by atoms with Crippen molar-refractivity contribution in [1.29, 1.82) is 0 Å². The van der Waals surface area contributed by atoms with Crippen LogP contribution < -0.4 is 30.7 Å². The smallest absolute Gasteiger partial charge is 0.315 e. The quantitative estimate of drug-likeness (QED) is 0.0161. The molecular formula is C85H113Cl6N9O21S3. The first-order valence-corrected chi connectivity index (χ1v) is 48.0. The van der Waals surface area contributed by atoms with Gasteiger partial charge in [0.2, 0.25) is 31.9 Å². The molecule has 0 aliphatic carbocycles. The fourth-order valence-electron chi connectivity index (χ4n) is 15.2. The van der Waals surface area contributed by atoms with Crippen molar-refractivity contribution in [3.05, 3.63) is 189 Å². The van der Waals surface area contributed by atoms with Crippen LogP contribution in [0.1, 0.15) is 126 Å². The SMILES string of the molecule is CN1Cc2c(Cl)cc(Cl)cc2[C@H](c2cccc(S(=O)(=O)CCCOCCOCCNC(=O)CCC(CCC(=O)CCCOCCOCCNS(=O)(=O)c3cccc([C@@H]4CN(C)Cc5c(Cl)cc(Cl)cc54)c3)(CCC(=O)NCCOCCOCCNS(=O)(=O)c3cccc([C@@H]4CN(C)Cc5c(Cl)cc(Cl)cc54)c3)NC(=O)NC[C@H](O)[C@@H](O)[C@H](O)[C@H](O)CO)c2)C1. The van der Waals surface area contributed by atoms with Crippen LogP contribution in [-0.4, -0.2) is 284 Å². The van der Waals surface area contributed by atoms with Gasteiger partial charge in [0.25, 0.3) is 0 Å². The third-order valence-corrected chi connectivity index (χ3v) is 28.1. The summed E-state index contributed by atoms with van der Waals surface area (Å²) in [6, 6.07) is 30.1. The Morgan fingerprint density at radius 3 is 1.22 bits per heavy atom. The molecule has 3 aliphatic rings. The number of hydrogen-bond donors (Lipinski definition) is 11. The Bertz CT molecular complexity index is 4460. The van der Waals surface area contributed by atoms with Gasteiger partial charge in [0.05, 0.1) is 99.2 Å². The van der Waals surface area contributed by atoms with Crippen LogP contribution in [0.25, 0.3) is 0 Å². The van der Waals surface area contributed by atoms with Gasteiger partial charge < -0.3 is 89.9 Å². The first-order chi connectivity index (χ1) is 59.1. The summed E-state index contributed by atoms with van der Waals surface area (Å²) < 4.78 is 120. The maximum absolute atomic E-state index is 14.0. The number of amides is 4. The Labute approximate surface area is 755 Å². The van der Waals surface area contributed by atoms with Crippen LogP contribution in [0.15, 0.2) is 124 Å². The lowest BCUT2D eigenvalue weighted by molar-refractivity contribution is -0.121. The van der Waals surface area contributed by atoms with E-state index in [4.69, 9.17) is 98.0 Å². The summed E-state index contributed by atoms with van der Waals surface area (Å²) in [5.41, 5.74) is 6.53. The van der Waals surface area contributed by atoms with E-state index in [-0.39, 0.29) is 207 Å². The molecule has 0 saturated heterocycles. The van der Waals surface area contributed by atoms with Crippen molar-refractivity contribution in [2.45, 2.75) is 140 Å². The molecule has 124 heavy (non-hydrogen) atoms. The number of carbonyl (C=O) groups excluding carboxylic acids is 4. The number of ether oxygens (including phenoxy) is 6. The Morgan fingerprint density at radius 1 is 0.444 bits per heavy atom. The van der Waals surface area contributed by atoms with Gasteiger partial charge in [0.15, 0.2) is 9.84 Å². The number of carbonyl (C=O) groups is 4. The van der Waals surface area contributed by atoms with Gasteiger partial charge in [0, 0.05) is 164 Å². The molecule has 39 heteroatoms. The summed E-state index contributed by atoms with van der Waals surface area (Å²) in [5, 5.41) is 64.8. The third-order valence-electron chi connectivity index (χ3n) is 21.7. The first-order valence-electron chi connectivity index (χ1n) is 41.1.